The van der Waals surface area contributed by atoms with Gasteiger partial charge >= 0.3 is 6.36 Å². The van der Waals surface area contributed by atoms with Gasteiger partial charge in [0.2, 0.25) is 0 Å². The van der Waals surface area contributed by atoms with Crippen LogP contribution in [-0.2, 0) is 6.54 Å². The Hall–Kier alpha value is -3.07. The number of hydrogen-bond acceptors (Lipinski definition) is 5. The van der Waals surface area contributed by atoms with Crippen LogP contribution in [0.25, 0.3) is 5.69 Å². The van der Waals surface area contributed by atoms with Crippen LogP contribution in [0.15, 0.2) is 54.7 Å². The van der Waals surface area contributed by atoms with Crippen LogP contribution in [0.4, 0.5) is 24.5 Å². The van der Waals surface area contributed by atoms with E-state index in [1.165, 1.54) is 24.3 Å². The molecule has 0 atom stereocenters. The minimum absolute atomic E-state index is 0.261. The summed E-state index contributed by atoms with van der Waals surface area (Å²) in [6.07, 6.45) is -2.84. The van der Waals surface area contributed by atoms with E-state index >= 15 is 0 Å². The molecule has 0 unspecified atom stereocenters. The molecule has 0 bridgehead atoms. The summed E-state index contributed by atoms with van der Waals surface area (Å²) in [5, 5.41) is 14.5. The predicted octanol–water partition coefficient (Wildman–Crippen LogP) is 4.02. The number of rotatable bonds is 7. The second kappa shape index (κ2) is 8.09. The van der Waals surface area contributed by atoms with Crippen molar-refractivity contribution in [1.82, 2.24) is 20.3 Å². The highest BCUT2D eigenvalue weighted by Crippen LogP contribution is 2.25. The van der Waals surface area contributed by atoms with Crippen molar-refractivity contribution in [1.29, 1.82) is 0 Å². The Bertz CT molecular complexity index is 860. The van der Waals surface area contributed by atoms with Crippen LogP contribution in [0.2, 0.25) is 0 Å². The van der Waals surface area contributed by atoms with E-state index in [1.54, 1.807) is 4.68 Å². The lowest BCUT2D eigenvalue weighted by Gasteiger charge is -2.11. The number of hydrogen-bond donors (Lipinski definition) is 2. The van der Waals surface area contributed by atoms with Crippen LogP contribution in [0.3, 0.4) is 0 Å². The Labute approximate surface area is 154 Å². The summed E-state index contributed by atoms with van der Waals surface area (Å²) in [5.74, 6) is -0.261. The third-order valence-corrected chi connectivity index (χ3v) is 3.61. The summed E-state index contributed by atoms with van der Waals surface area (Å²) < 4.78 is 42.1. The van der Waals surface area contributed by atoms with Gasteiger partial charge in [0.15, 0.2) is 0 Å². The Morgan fingerprint density at radius 1 is 1.00 bits per heavy atom. The summed E-state index contributed by atoms with van der Waals surface area (Å²) in [6.45, 7) is 3.54. The first kappa shape index (κ1) is 18.7. The molecule has 2 N–H and O–H groups in total. The number of aromatic nitrogens is 3. The van der Waals surface area contributed by atoms with Gasteiger partial charge in [-0.3, -0.25) is 0 Å². The van der Waals surface area contributed by atoms with E-state index in [-0.39, 0.29) is 5.75 Å². The summed E-state index contributed by atoms with van der Waals surface area (Å²) in [4.78, 5) is 0. The Balaban J connectivity index is 1.63. The van der Waals surface area contributed by atoms with Gasteiger partial charge in [0.05, 0.1) is 17.6 Å². The molecule has 0 saturated heterocycles. The molecule has 27 heavy (non-hydrogen) atoms. The highest BCUT2D eigenvalue weighted by Gasteiger charge is 2.30. The number of alkyl halides is 3. The van der Waals surface area contributed by atoms with Crippen molar-refractivity contribution < 1.29 is 17.9 Å². The number of anilines is 2. The molecule has 2 aromatic carbocycles. The molecular weight excluding hydrogens is 359 g/mol. The molecule has 6 nitrogen and oxygen atoms in total. The number of halogens is 3. The average Bonchev–Trinajstić information content (AvgIpc) is 3.10. The van der Waals surface area contributed by atoms with Crippen molar-refractivity contribution >= 4 is 11.4 Å². The van der Waals surface area contributed by atoms with Crippen molar-refractivity contribution in [3.63, 3.8) is 0 Å². The lowest BCUT2D eigenvalue weighted by molar-refractivity contribution is -0.274. The molecule has 3 rings (SSSR count). The quantitative estimate of drug-likeness (QED) is 0.651. The minimum atomic E-state index is -4.70. The molecule has 0 amide bonds. The molecule has 0 fully saturated rings. The Kier molecular flexibility index (Phi) is 5.60. The normalized spacial score (nSPS) is 11.4. The second-order valence-corrected chi connectivity index (χ2v) is 5.68. The number of nitrogens with one attached hydrogen (secondary N) is 2. The molecule has 0 spiro atoms. The zero-order chi connectivity index (χ0) is 19.3. The number of ether oxygens (including phenoxy) is 1. The lowest BCUT2D eigenvalue weighted by atomic mass is 10.2. The molecule has 0 radical (unpaired) electrons. The second-order valence-electron chi connectivity index (χ2n) is 5.68. The molecule has 1 aromatic heterocycles. The van der Waals surface area contributed by atoms with E-state index in [2.05, 4.69) is 25.7 Å². The average molecular weight is 377 g/mol. The van der Waals surface area contributed by atoms with Gasteiger partial charge < -0.3 is 15.4 Å². The maximum atomic E-state index is 12.2. The molecule has 0 aliphatic carbocycles. The van der Waals surface area contributed by atoms with Crippen molar-refractivity contribution in [2.45, 2.75) is 19.8 Å². The van der Waals surface area contributed by atoms with E-state index in [0.717, 1.165) is 23.6 Å². The number of benzene rings is 2. The highest BCUT2D eigenvalue weighted by atomic mass is 19.4. The first-order valence-electron chi connectivity index (χ1n) is 8.28. The maximum Gasteiger partial charge on any atom is 0.573 e. The van der Waals surface area contributed by atoms with Crippen LogP contribution >= 0.6 is 0 Å². The third kappa shape index (κ3) is 5.45. The molecule has 0 aliphatic rings. The van der Waals surface area contributed by atoms with Gasteiger partial charge in [0.25, 0.3) is 0 Å². The van der Waals surface area contributed by atoms with Crippen LogP contribution < -0.4 is 15.4 Å². The highest BCUT2D eigenvalue weighted by molar-refractivity contribution is 5.61. The van der Waals surface area contributed by atoms with E-state index < -0.39 is 6.36 Å². The SMILES string of the molecule is CCNCc1cn(-c2ccc(Nc3ccc(OC(F)(F)F)cc3)cc2)nn1. The Morgan fingerprint density at radius 3 is 2.22 bits per heavy atom. The molecule has 142 valence electrons. The van der Waals surface area contributed by atoms with Crippen molar-refractivity contribution in [3.05, 3.63) is 60.4 Å². The van der Waals surface area contributed by atoms with Gasteiger partial charge in [0, 0.05) is 17.9 Å². The fourth-order valence-corrected chi connectivity index (χ4v) is 2.36. The summed E-state index contributed by atoms with van der Waals surface area (Å²) >= 11 is 0. The van der Waals surface area contributed by atoms with Crippen LogP contribution in [0.1, 0.15) is 12.6 Å². The van der Waals surface area contributed by atoms with E-state index in [9.17, 15) is 13.2 Å². The predicted molar refractivity (Wildman–Crippen MR) is 95.1 cm³/mol. The van der Waals surface area contributed by atoms with Gasteiger partial charge in [-0.1, -0.05) is 12.1 Å². The first-order valence-corrected chi connectivity index (χ1v) is 8.28. The molecule has 0 aliphatic heterocycles. The smallest absolute Gasteiger partial charge is 0.406 e. The molecule has 3 aromatic rings. The van der Waals surface area contributed by atoms with Gasteiger partial charge in [-0.15, -0.1) is 18.3 Å². The summed E-state index contributed by atoms with van der Waals surface area (Å²) in [6, 6.07) is 13.0. The molecule has 1 heterocycles. The topological polar surface area (TPSA) is 64.0 Å². The maximum absolute atomic E-state index is 12.2. The molecule has 0 saturated carbocycles. The van der Waals surface area contributed by atoms with Crippen LogP contribution in [-0.4, -0.2) is 27.9 Å². The van der Waals surface area contributed by atoms with Crippen LogP contribution in [0, 0.1) is 0 Å². The fourth-order valence-electron chi connectivity index (χ4n) is 2.36. The molecular formula is C18H18F3N5O. The lowest BCUT2D eigenvalue weighted by Crippen LogP contribution is -2.16. The van der Waals surface area contributed by atoms with Gasteiger partial charge in [-0.05, 0) is 55.1 Å². The minimum Gasteiger partial charge on any atom is -0.406 e. The summed E-state index contributed by atoms with van der Waals surface area (Å²) in [7, 11) is 0. The van der Waals surface area contributed by atoms with E-state index in [4.69, 9.17) is 0 Å². The van der Waals surface area contributed by atoms with Crippen molar-refractivity contribution in [2.75, 3.05) is 11.9 Å². The first-order chi connectivity index (χ1) is 12.9. The van der Waals surface area contributed by atoms with Crippen molar-refractivity contribution in [3.8, 4) is 11.4 Å². The Morgan fingerprint density at radius 2 is 1.63 bits per heavy atom. The largest absolute Gasteiger partial charge is 0.573 e. The monoisotopic (exact) mass is 377 g/mol. The third-order valence-electron chi connectivity index (χ3n) is 3.61. The van der Waals surface area contributed by atoms with Gasteiger partial charge in [-0.2, -0.15) is 0 Å². The molecule has 9 heteroatoms. The fraction of sp³-hybridized carbons (Fsp3) is 0.222. The van der Waals surface area contributed by atoms with E-state index in [1.807, 2.05) is 37.4 Å². The van der Waals surface area contributed by atoms with Gasteiger partial charge in [-0.25, -0.2) is 4.68 Å². The standard InChI is InChI=1S/C18H18F3N5O/c1-2-22-11-15-12-26(25-24-15)16-7-3-13(4-8-16)23-14-5-9-17(10-6-14)27-18(19,20)21/h3-10,12,22-23H,2,11H2,1H3. The van der Waals surface area contributed by atoms with Crippen LogP contribution in [0.5, 0.6) is 5.75 Å². The summed E-state index contributed by atoms with van der Waals surface area (Å²) in [5.41, 5.74) is 3.13. The van der Waals surface area contributed by atoms with Gasteiger partial charge in [0.1, 0.15) is 5.75 Å². The zero-order valence-electron chi connectivity index (χ0n) is 14.5. The van der Waals surface area contributed by atoms with E-state index in [0.29, 0.717) is 12.2 Å². The van der Waals surface area contributed by atoms with Crippen molar-refractivity contribution in [2.24, 2.45) is 0 Å². The number of nitrogens with zero attached hydrogens (tertiary/aromatic N) is 3. The zero-order valence-corrected chi connectivity index (χ0v) is 14.5.